The topological polar surface area (TPSA) is 41.6 Å². The van der Waals surface area contributed by atoms with Crippen molar-refractivity contribution >= 4 is 17.3 Å². The summed E-state index contributed by atoms with van der Waals surface area (Å²) in [5.41, 5.74) is 2.55. The fourth-order valence-corrected chi connectivity index (χ4v) is 2.55. The molecule has 1 aliphatic heterocycles. The molecule has 98 valence electrons. The number of likely N-dealkylation sites (N-methyl/N-ethyl adjacent to an activating group) is 1. The van der Waals surface area contributed by atoms with Gasteiger partial charge in [-0.2, -0.15) is 0 Å². The molecule has 0 amide bonds. The highest BCUT2D eigenvalue weighted by atomic mass is 16.5. The number of hydrogen-bond acceptors (Lipinski definition) is 4. The standard InChI is InChI=1S/C14H20N2O2/c1-5-16-12-10(13(17)18-4)7-6-8-11(12)15-9-14(16,2)3/h6-8,15H,5,9H2,1-4H3. The van der Waals surface area contributed by atoms with Crippen LogP contribution in [0, 0.1) is 0 Å². The van der Waals surface area contributed by atoms with Gasteiger partial charge in [0.1, 0.15) is 0 Å². The Hall–Kier alpha value is -1.71. The van der Waals surface area contributed by atoms with E-state index in [-0.39, 0.29) is 11.5 Å². The van der Waals surface area contributed by atoms with Crippen LogP contribution < -0.4 is 10.2 Å². The van der Waals surface area contributed by atoms with Gasteiger partial charge in [0.2, 0.25) is 0 Å². The van der Waals surface area contributed by atoms with Gasteiger partial charge in [0, 0.05) is 13.1 Å². The summed E-state index contributed by atoms with van der Waals surface area (Å²) in [4.78, 5) is 14.1. The Kier molecular flexibility index (Phi) is 3.20. The molecule has 0 radical (unpaired) electrons. The molecule has 0 saturated heterocycles. The van der Waals surface area contributed by atoms with Crippen molar-refractivity contribution in [2.45, 2.75) is 26.3 Å². The first kappa shape index (κ1) is 12.7. The average molecular weight is 248 g/mol. The van der Waals surface area contributed by atoms with Gasteiger partial charge in [-0.25, -0.2) is 4.79 Å². The number of para-hydroxylation sites is 1. The minimum absolute atomic E-state index is 0.0219. The van der Waals surface area contributed by atoms with E-state index in [1.165, 1.54) is 7.11 Å². The first-order chi connectivity index (χ1) is 8.51. The molecular formula is C14H20N2O2. The number of carbonyl (C=O) groups is 1. The van der Waals surface area contributed by atoms with Crippen molar-refractivity contribution in [2.24, 2.45) is 0 Å². The molecule has 0 spiro atoms. The van der Waals surface area contributed by atoms with Gasteiger partial charge in [-0.3, -0.25) is 0 Å². The van der Waals surface area contributed by atoms with Crippen molar-refractivity contribution in [3.05, 3.63) is 23.8 Å². The van der Waals surface area contributed by atoms with Gasteiger partial charge in [-0.05, 0) is 32.9 Å². The van der Waals surface area contributed by atoms with Crippen molar-refractivity contribution in [1.82, 2.24) is 0 Å². The van der Waals surface area contributed by atoms with Crippen molar-refractivity contribution in [2.75, 3.05) is 30.4 Å². The van der Waals surface area contributed by atoms with E-state index in [1.54, 1.807) is 0 Å². The van der Waals surface area contributed by atoms with E-state index in [0.29, 0.717) is 5.56 Å². The SMILES string of the molecule is CCN1c2c(cccc2C(=O)OC)NCC1(C)C. The number of anilines is 2. The second-order valence-corrected chi connectivity index (χ2v) is 5.10. The maximum absolute atomic E-state index is 11.9. The summed E-state index contributed by atoms with van der Waals surface area (Å²) in [5.74, 6) is -0.287. The summed E-state index contributed by atoms with van der Waals surface area (Å²) in [5, 5.41) is 3.39. The molecule has 18 heavy (non-hydrogen) atoms. The summed E-state index contributed by atoms with van der Waals surface area (Å²) >= 11 is 0. The predicted molar refractivity (Wildman–Crippen MR) is 73.4 cm³/mol. The van der Waals surface area contributed by atoms with Crippen molar-refractivity contribution in [3.63, 3.8) is 0 Å². The third-order valence-electron chi connectivity index (χ3n) is 3.47. The van der Waals surface area contributed by atoms with Gasteiger partial charge in [0.15, 0.2) is 0 Å². The third-order valence-corrected chi connectivity index (χ3v) is 3.47. The molecule has 0 unspecified atom stereocenters. The zero-order valence-electron chi connectivity index (χ0n) is 11.4. The lowest BCUT2D eigenvalue weighted by molar-refractivity contribution is 0.0601. The lowest BCUT2D eigenvalue weighted by Crippen LogP contribution is -2.52. The summed E-state index contributed by atoms with van der Waals surface area (Å²) in [7, 11) is 1.42. The number of nitrogens with zero attached hydrogens (tertiary/aromatic N) is 1. The largest absolute Gasteiger partial charge is 0.465 e. The van der Waals surface area contributed by atoms with Crippen molar-refractivity contribution < 1.29 is 9.53 Å². The maximum atomic E-state index is 11.9. The van der Waals surface area contributed by atoms with Gasteiger partial charge in [0.05, 0.1) is 29.6 Å². The normalized spacial score (nSPS) is 16.8. The molecule has 1 aliphatic rings. The van der Waals surface area contributed by atoms with Crippen molar-refractivity contribution in [1.29, 1.82) is 0 Å². The van der Waals surface area contributed by atoms with Crippen LogP contribution >= 0.6 is 0 Å². The van der Waals surface area contributed by atoms with Gasteiger partial charge >= 0.3 is 5.97 Å². The second kappa shape index (κ2) is 4.52. The number of benzene rings is 1. The Morgan fingerprint density at radius 3 is 2.83 bits per heavy atom. The number of hydrogen-bond donors (Lipinski definition) is 1. The van der Waals surface area contributed by atoms with Gasteiger partial charge in [0.25, 0.3) is 0 Å². The van der Waals surface area contributed by atoms with E-state index < -0.39 is 0 Å². The van der Waals surface area contributed by atoms with E-state index in [4.69, 9.17) is 4.74 Å². The van der Waals surface area contributed by atoms with Gasteiger partial charge < -0.3 is 15.0 Å². The fraction of sp³-hybridized carbons (Fsp3) is 0.500. The highest BCUT2D eigenvalue weighted by molar-refractivity contribution is 6.00. The molecule has 1 aromatic carbocycles. The maximum Gasteiger partial charge on any atom is 0.340 e. The van der Waals surface area contributed by atoms with Crippen molar-refractivity contribution in [3.8, 4) is 0 Å². The molecule has 4 heteroatoms. The van der Waals surface area contributed by atoms with E-state index in [1.807, 2.05) is 18.2 Å². The summed E-state index contributed by atoms with van der Waals surface area (Å²) in [6.45, 7) is 8.15. The molecular weight excluding hydrogens is 228 g/mol. The van der Waals surface area contributed by atoms with Gasteiger partial charge in [-0.1, -0.05) is 6.07 Å². The van der Waals surface area contributed by atoms with E-state index in [9.17, 15) is 4.79 Å². The highest BCUT2D eigenvalue weighted by Gasteiger charge is 2.34. The van der Waals surface area contributed by atoms with Crippen LogP contribution in [0.15, 0.2) is 18.2 Å². The minimum atomic E-state index is -0.287. The monoisotopic (exact) mass is 248 g/mol. The zero-order chi connectivity index (χ0) is 13.3. The number of fused-ring (bicyclic) bond motifs is 1. The van der Waals surface area contributed by atoms with Crippen LogP contribution in [0.5, 0.6) is 0 Å². The molecule has 0 bridgehead atoms. The number of rotatable bonds is 2. The minimum Gasteiger partial charge on any atom is -0.465 e. The first-order valence-electron chi connectivity index (χ1n) is 6.24. The van der Waals surface area contributed by atoms with Crippen LogP contribution in [0.4, 0.5) is 11.4 Å². The fourth-order valence-electron chi connectivity index (χ4n) is 2.55. The lowest BCUT2D eigenvalue weighted by Gasteiger charge is -2.45. The molecule has 0 fully saturated rings. The summed E-state index contributed by atoms with van der Waals surface area (Å²) in [6, 6.07) is 5.69. The van der Waals surface area contributed by atoms with Crippen LogP contribution in [-0.2, 0) is 4.74 Å². The molecule has 1 aromatic rings. The second-order valence-electron chi connectivity index (χ2n) is 5.10. The molecule has 0 atom stereocenters. The lowest BCUT2D eigenvalue weighted by atomic mass is 9.95. The molecule has 4 nitrogen and oxygen atoms in total. The van der Waals surface area contributed by atoms with Crippen LogP contribution in [-0.4, -0.2) is 31.7 Å². The quantitative estimate of drug-likeness (QED) is 0.816. The van der Waals surface area contributed by atoms with Crippen LogP contribution in [0.1, 0.15) is 31.1 Å². The Labute approximate surface area is 108 Å². The van der Waals surface area contributed by atoms with Crippen LogP contribution in [0.2, 0.25) is 0 Å². The van der Waals surface area contributed by atoms with Crippen LogP contribution in [0.25, 0.3) is 0 Å². The molecule has 1 heterocycles. The summed E-state index contributed by atoms with van der Waals surface area (Å²) < 4.78 is 4.87. The number of nitrogens with one attached hydrogen (secondary N) is 1. The summed E-state index contributed by atoms with van der Waals surface area (Å²) in [6.07, 6.45) is 0. The highest BCUT2D eigenvalue weighted by Crippen LogP contribution is 2.38. The smallest absolute Gasteiger partial charge is 0.340 e. The Morgan fingerprint density at radius 2 is 2.22 bits per heavy atom. The Bertz CT molecular complexity index is 469. The Balaban J connectivity index is 2.59. The van der Waals surface area contributed by atoms with E-state index >= 15 is 0 Å². The predicted octanol–water partition coefficient (Wildman–Crippen LogP) is 2.50. The van der Waals surface area contributed by atoms with E-state index in [0.717, 1.165) is 24.5 Å². The first-order valence-corrected chi connectivity index (χ1v) is 6.24. The Morgan fingerprint density at radius 1 is 1.50 bits per heavy atom. The third kappa shape index (κ3) is 1.92. The average Bonchev–Trinajstić information content (AvgIpc) is 2.36. The van der Waals surface area contributed by atoms with E-state index in [2.05, 4.69) is 31.0 Å². The number of methoxy groups -OCH3 is 1. The molecule has 1 N–H and O–H groups in total. The molecule has 0 aliphatic carbocycles. The molecule has 0 saturated carbocycles. The molecule has 0 aromatic heterocycles. The zero-order valence-corrected chi connectivity index (χ0v) is 11.4. The van der Waals surface area contributed by atoms with Crippen LogP contribution in [0.3, 0.4) is 0 Å². The number of ether oxygens (including phenoxy) is 1. The van der Waals surface area contributed by atoms with Gasteiger partial charge in [-0.15, -0.1) is 0 Å². The molecule has 2 rings (SSSR count). The number of esters is 1. The number of carbonyl (C=O) groups excluding carboxylic acids is 1.